The van der Waals surface area contributed by atoms with Gasteiger partial charge in [-0.2, -0.15) is 0 Å². The monoisotopic (exact) mass is 266 g/mol. The number of para-hydroxylation sites is 1. The molecule has 1 aromatic heterocycles. The zero-order valence-corrected chi connectivity index (χ0v) is 11.3. The number of rotatable bonds is 1. The SMILES string of the molecule is Cc1cc2ncc(-c3cccc(O)c3O)nc2cc1C. The number of benzene rings is 2. The summed E-state index contributed by atoms with van der Waals surface area (Å²) in [5.74, 6) is -0.338. The zero-order valence-electron chi connectivity index (χ0n) is 11.3. The van der Waals surface area contributed by atoms with Crippen LogP contribution in [0.15, 0.2) is 36.5 Å². The van der Waals surface area contributed by atoms with E-state index in [-0.39, 0.29) is 11.5 Å². The third-order valence-electron chi connectivity index (χ3n) is 3.45. The molecule has 3 aromatic rings. The fourth-order valence-electron chi connectivity index (χ4n) is 2.14. The van der Waals surface area contributed by atoms with Gasteiger partial charge in [0, 0.05) is 5.56 Å². The lowest BCUT2D eigenvalue weighted by molar-refractivity contribution is 0.405. The molecule has 4 heteroatoms. The molecule has 0 spiro atoms. The minimum atomic E-state index is -0.176. The number of aromatic nitrogens is 2. The minimum absolute atomic E-state index is 0.163. The van der Waals surface area contributed by atoms with Crippen LogP contribution >= 0.6 is 0 Å². The summed E-state index contributed by atoms with van der Waals surface area (Å²) in [5, 5.41) is 19.5. The Balaban J connectivity index is 2.23. The molecule has 0 radical (unpaired) electrons. The van der Waals surface area contributed by atoms with Gasteiger partial charge in [-0.15, -0.1) is 0 Å². The molecule has 0 amide bonds. The molecular formula is C16H14N2O2. The van der Waals surface area contributed by atoms with Gasteiger partial charge in [0.15, 0.2) is 11.5 Å². The Bertz CT molecular complexity index is 813. The zero-order chi connectivity index (χ0) is 14.3. The lowest BCUT2D eigenvalue weighted by Crippen LogP contribution is -1.91. The molecule has 0 saturated carbocycles. The maximum absolute atomic E-state index is 9.90. The van der Waals surface area contributed by atoms with E-state index in [1.165, 1.54) is 11.6 Å². The van der Waals surface area contributed by atoms with E-state index in [0.29, 0.717) is 11.3 Å². The van der Waals surface area contributed by atoms with Crippen molar-refractivity contribution in [3.63, 3.8) is 0 Å². The molecule has 1 heterocycles. The van der Waals surface area contributed by atoms with Gasteiger partial charge in [-0.3, -0.25) is 4.98 Å². The van der Waals surface area contributed by atoms with Crippen molar-refractivity contribution in [3.8, 4) is 22.8 Å². The van der Waals surface area contributed by atoms with Crippen molar-refractivity contribution in [2.24, 2.45) is 0 Å². The number of nitrogens with zero attached hydrogens (tertiary/aromatic N) is 2. The van der Waals surface area contributed by atoms with Crippen molar-refractivity contribution in [2.45, 2.75) is 13.8 Å². The van der Waals surface area contributed by atoms with Crippen LogP contribution in [0.3, 0.4) is 0 Å². The van der Waals surface area contributed by atoms with Crippen molar-refractivity contribution in [1.82, 2.24) is 9.97 Å². The summed E-state index contributed by atoms with van der Waals surface area (Å²) in [7, 11) is 0. The van der Waals surface area contributed by atoms with Gasteiger partial charge in [-0.1, -0.05) is 6.07 Å². The van der Waals surface area contributed by atoms with E-state index in [2.05, 4.69) is 9.97 Å². The predicted molar refractivity (Wildman–Crippen MR) is 77.8 cm³/mol. The average Bonchev–Trinajstić information content (AvgIpc) is 2.43. The molecule has 0 aliphatic carbocycles. The highest BCUT2D eigenvalue weighted by Gasteiger charge is 2.11. The molecule has 0 atom stereocenters. The van der Waals surface area contributed by atoms with Crippen molar-refractivity contribution in [3.05, 3.63) is 47.7 Å². The lowest BCUT2D eigenvalue weighted by Gasteiger charge is -2.07. The van der Waals surface area contributed by atoms with Crippen molar-refractivity contribution >= 4 is 11.0 Å². The van der Waals surface area contributed by atoms with Crippen LogP contribution in [0.4, 0.5) is 0 Å². The first kappa shape index (κ1) is 12.4. The molecule has 2 N–H and O–H groups in total. The average molecular weight is 266 g/mol. The van der Waals surface area contributed by atoms with Gasteiger partial charge in [0.25, 0.3) is 0 Å². The normalized spacial score (nSPS) is 10.9. The molecule has 0 bridgehead atoms. The summed E-state index contributed by atoms with van der Waals surface area (Å²) in [6, 6.07) is 8.76. The van der Waals surface area contributed by atoms with Crippen LogP contribution in [-0.4, -0.2) is 20.2 Å². The fourth-order valence-corrected chi connectivity index (χ4v) is 2.14. The summed E-state index contributed by atoms with van der Waals surface area (Å²) < 4.78 is 0. The second-order valence-corrected chi connectivity index (χ2v) is 4.85. The Hall–Kier alpha value is -2.62. The van der Waals surface area contributed by atoms with Crippen LogP contribution in [0.2, 0.25) is 0 Å². The number of fused-ring (bicyclic) bond motifs is 1. The lowest BCUT2D eigenvalue weighted by atomic mass is 10.1. The highest BCUT2D eigenvalue weighted by Crippen LogP contribution is 2.35. The Labute approximate surface area is 116 Å². The van der Waals surface area contributed by atoms with Gasteiger partial charge >= 0.3 is 0 Å². The van der Waals surface area contributed by atoms with Gasteiger partial charge < -0.3 is 10.2 Å². The van der Waals surface area contributed by atoms with E-state index in [1.807, 2.05) is 26.0 Å². The number of hydrogen-bond acceptors (Lipinski definition) is 4. The van der Waals surface area contributed by atoms with E-state index in [9.17, 15) is 10.2 Å². The third kappa shape index (κ3) is 1.95. The molecule has 0 fully saturated rings. The van der Waals surface area contributed by atoms with Crippen LogP contribution < -0.4 is 0 Å². The number of aryl methyl sites for hydroxylation is 2. The summed E-state index contributed by atoms with van der Waals surface area (Å²) in [6.07, 6.45) is 1.60. The van der Waals surface area contributed by atoms with E-state index >= 15 is 0 Å². The maximum atomic E-state index is 9.90. The summed E-state index contributed by atoms with van der Waals surface area (Å²) >= 11 is 0. The highest BCUT2D eigenvalue weighted by molar-refractivity contribution is 5.80. The largest absolute Gasteiger partial charge is 0.504 e. The van der Waals surface area contributed by atoms with Gasteiger partial charge in [0.05, 0.1) is 22.9 Å². The fraction of sp³-hybridized carbons (Fsp3) is 0.125. The van der Waals surface area contributed by atoms with E-state index in [4.69, 9.17) is 0 Å². The first-order chi connectivity index (χ1) is 9.56. The topological polar surface area (TPSA) is 66.2 Å². The highest BCUT2D eigenvalue weighted by atomic mass is 16.3. The second kappa shape index (κ2) is 4.49. The van der Waals surface area contributed by atoms with Gasteiger partial charge in [0.1, 0.15) is 0 Å². The minimum Gasteiger partial charge on any atom is -0.504 e. The van der Waals surface area contributed by atoms with Crippen LogP contribution in [0.5, 0.6) is 11.5 Å². The summed E-state index contributed by atoms with van der Waals surface area (Å²) in [5.41, 5.74) is 4.90. The molecule has 0 aliphatic heterocycles. The number of phenols is 2. The van der Waals surface area contributed by atoms with Crippen LogP contribution in [-0.2, 0) is 0 Å². The molecule has 4 nitrogen and oxygen atoms in total. The first-order valence-electron chi connectivity index (χ1n) is 6.31. The van der Waals surface area contributed by atoms with Crippen LogP contribution in [0, 0.1) is 13.8 Å². The summed E-state index contributed by atoms with van der Waals surface area (Å²) in [6.45, 7) is 4.06. The number of phenolic OH excluding ortho intramolecular Hbond substituents is 2. The maximum Gasteiger partial charge on any atom is 0.167 e. The molecule has 3 rings (SSSR count). The molecule has 0 unspecified atom stereocenters. The third-order valence-corrected chi connectivity index (χ3v) is 3.45. The van der Waals surface area contributed by atoms with Crippen molar-refractivity contribution in [2.75, 3.05) is 0 Å². The standard InChI is InChI=1S/C16H14N2O2/c1-9-6-12-13(7-10(9)2)18-14(8-17-12)11-4-3-5-15(19)16(11)20/h3-8,19-20H,1-2H3. The second-order valence-electron chi connectivity index (χ2n) is 4.85. The number of aromatic hydroxyl groups is 2. The number of hydrogen-bond donors (Lipinski definition) is 2. The van der Waals surface area contributed by atoms with Crippen molar-refractivity contribution in [1.29, 1.82) is 0 Å². The van der Waals surface area contributed by atoms with Crippen LogP contribution in [0.25, 0.3) is 22.3 Å². The Morgan fingerprint density at radius 1 is 0.950 bits per heavy atom. The molecule has 0 saturated heterocycles. The van der Waals surface area contributed by atoms with Gasteiger partial charge in [0.2, 0.25) is 0 Å². The Kier molecular flexibility index (Phi) is 2.79. The Morgan fingerprint density at radius 2 is 1.65 bits per heavy atom. The smallest absolute Gasteiger partial charge is 0.167 e. The van der Waals surface area contributed by atoms with Gasteiger partial charge in [-0.25, -0.2) is 4.98 Å². The quantitative estimate of drug-likeness (QED) is 0.663. The van der Waals surface area contributed by atoms with E-state index in [0.717, 1.165) is 16.6 Å². The van der Waals surface area contributed by atoms with E-state index in [1.54, 1.807) is 18.3 Å². The van der Waals surface area contributed by atoms with Crippen LogP contribution in [0.1, 0.15) is 11.1 Å². The van der Waals surface area contributed by atoms with E-state index < -0.39 is 0 Å². The molecule has 20 heavy (non-hydrogen) atoms. The summed E-state index contributed by atoms with van der Waals surface area (Å²) in [4.78, 5) is 8.89. The molecule has 100 valence electrons. The first-order valence-corrected chi connectivity index (χ1v) is 6.31. The van der Waals surface area contributed by atoms with Gasteiger partial charge in [-0.05, 0) is 49.2 Å². The Morgan fingerprint density at radius 3 is 2.40 bits per heavy atom. The van der Waals surface area contributed by atoms with Crippen molar-refractivity contribution < 1.29 is 10.2 Å². The molecular weight excluding hydrogens is 252 g/mol. The molecule has 2 aromatic carbocycles. The molecule has 0 aliphatic rings. The predicted octanol–water partition coefficient (Wildman–Crippen LogP) is 3.32.